The first-order valence-electron chi connectivity index (χ1n) is 3.79. The minimum Gasteiger partial charge on any atom is -0.276 e. The van der Waals surface area contributed by atoms with E-state index in [2.05, 4.69) is 4.40 Å². The highest BCUT2D eigenvalue weighted by atomic mass is 32.3. The first-order valence-corrected chi connectivity index (χ1v) is 5.30. The predicted molar refractivity (Wildman–Crippen MR) is 55.1 cm³/mol. The van der Waals surface area contributed by atoms with Crippen LogP contribution < -0.4 is 0 Å². The second-order valence-electron chi connectivity index (χ2n) is 2.67. The van der Waals surface area contributed by atoms with Gasteiger partial charge in [0.1, 0.15) is 0 Å². The quantitative estimate of drug-likeness (QED) is 0.668. The Labute approximate surface area is 77.9 Å². The Morgan fingerprint density at radius 3 is 2.77 bits per heavy atom. The monoisotopic (exact) mass is 195 g/mol. The maximum atomic E-state index is 9.61. The van der Waals surface area contributed by atoms with E-state index in [-0.39, 0.29) is 0 Å². The lowest BCUT2D eigenvalue weighted by molar-refractivity contribution is 0.489. The van der Waals surface area contributed by atoms with Crippen molar-refractivity contribution in [2.45, 2.75) is 4.90 Å². The maximum absolute atomic E-state index is 9.61. The summed E-state index contributed by atoms with van der Waals surface area (Å²) in [6, 6.07) is 7.12. The molecule has 4 heteroatoms. The van der Waals surface area contributed by atoms with E-state index in [1.165, 1.54) is 6.21 Å². The average Bonchev–Trinajstić information content (AvgIpc) is 2.26. The van der Waals surface area contributed by atoms with Gasteiger partial charge < -0.3 is 0 Å². The lowest BCUT2D eigenvalue weighted by atomic mass is 10.2. The molecule has 0 amide bonds. The second kappa shape index (κ2) is 2.99. The van der Waals surface area contributed by atoms with Crippen molar-refractivity contribution in [2.75, 3.05) is 0 Å². The van der Waals surface area contributed by atoms with Gasteiger partial charge in [0, 0.05) is 6.21 Å². The third-order valence-electron chi connectivity index (χ3n) is 1.78. The van der Waals surface area contributed by atoms with Crippen LogP contribution in [-0.2, 0) is 0 Å². The van der Waals surface area contributed by atoms with Crippen molar-refractivity contribution in [1.82, 2.24) is 0 Å². The smallest absolute Gasteiger partial charge is 0.0895 e. The molecule has 2 rings (SSSR count). The molecule has 1 aromatic carbocycles. The van der Waals surface area contributed by atoms with Crippen molar-refractivity contribution < 1.29 is 9.11 Å². The van der Waals surface area contributed by atoms with Crippen LogP contribution in [0, 0.1) is 0 Å². The highest BCUT2D eigenvalue weighted by molar-refractivity contribution is 8.23. The van der Waals surface area contributed by atoms with Crippen LogP contribution in [0.5, 0.6) is 0 Å². The van der Waals surface area contributed by atoms with Gasteiger partial charge >= 0.3 is 0 Å². The first-order chi connectivity index (χ1) is 6.20. The summed E-state index contributed by atoms with van der Waals surface area (Å²) in [6.45, 7) is 0. The number of fused-ring (bicyclic) bond motifs is 1. The largest absolute Gasteiger partial charge is 0.276 e. The SMILES string of the molecule is OS1(O)N=CC=Cc2ccccc21. The molecule has 0 fully saturated rings. The summed E-state index contributed by atoms with van der Waals surface area (Å²) in [6.07, 6.45) is 4.91. The zero-order chi connectivity index (χ0) is 9.31. The molecule has 0 saturated carbocycles. The van der Waals surface area contributed by atoms with Gasteiger partial charge in [-0.15, -0.1) is 0 Å². The summed E-state index contributed by atoms with van der Waals surface area (Å²) >= 11 is 0. The van der Waals surface area contributed by atoms with Crippen LogP contribution in [0.3, 0.4) is 0 Å². The molecule has 0 unspecified atom stereocenters. The molecule has 0 atom stereocenters. The number of benzene rings is 1. The van der Waals surface area contributed by atoms with Crippen LogP contribution in [0.2, 0.25) is 0 Å². The number of allylic oxidation sites excluding steroid dienone is 1. The Hall–Kier alpha value is -1.10. The average molecular weight is 195 g/mol. The van der Waals surface area contributed by atoms with Crippen LogP contribution in [-0.4, -0.2) is 15.3 Å². The Kier molecular flexibility index (Phi) is 1.95. The highest BCUT2D eigenvalue weighted by Crippen LogP contribution is 2.51. The van der Waals surface area contributed by atoms with Crippen LogP contribution in [0.1, 0.15) is 5.56 Å². The van der Waals surface area contributed by atoms with E-state index in [1.54, 1.807) is 24.3 Å². The molecule has 0 radical (unpaired) electrons. The van der Waals surface area contributed by atoms with Gasteiger partial charge in [-0.2, -0.15) is 4.40 Å². The molecule has 0 spiro atoms. The molecule has 1 aliphatic heterocycles. The van der Waals surface area contributed by atoms with E-state index >= 15 is 0 Å². The van der Waals surface area contributed by atoms with Crippen molar-refractivity contribution in [3.63, 3.8) is 0 Å². The Morgan fingerprint density at radius 2 is 1.92 bits per heavy atom. The molecule has 1 aliphatic rings. The van der Waals surface area contributed by atoms with Gasteiger partial charge in [-0.25, -0.2) is 0 Å². The van der Waals surface area contributed by atoms with Crippen LogP contribution >= 0.6 is 10.8 Å². The molecule has 0 aliphatic carbocycles. The summed E-state index contributed by atoms with van der Waals surface area (Å²) in [5.74, 6) is 0. The van der Waals surface area contributed by atoms with Crippen molar-refractivity contribution in [1.29, 1.82) is 0 Å². The highest BCUT2D eigenvalue weighted by Gasteiger charge is 2.17. The molecule has 13 heavy (non-hydrogen) atoms. The van der Waals surface area contributed by atoms with Crippen LogP contribution in [0.25, 0.3) is 6.08 Å². The van der Waals surface area contributed by atoms with Crippen molar-refractivity contribution >= 4 is 23.1 Å². The first kappa shape index (κ1) is 8.50. The molecular weight excluding hydrogens is 186 g/mol. The Bertz CT molecular complexity index is 385. The minimum atomic E-state index is -2.97. The zero-order valence-electron chi connectivity index (χ0n) is 6.79. The van der Waals surface area contributed by atoms with Crippen molar-refractivity contribution in [3.8, 4) is 0 Å². The fraction of sp³-hybridized carbons (Fsp3) is 0. The molecule has 68 valence electrons. The fourth-order valence-electron chi connectivity index (χ4n) is 1.19. The molecule has 0 bridgehead atoms. The third kappa shape index (κ3) is 1.51. The summed E-state index contributed by atoms with van der Waals surface area (Å²) in [7, 11) is -2.97. The number of hydrogen-bond acceptors (Lipinski definition) is 3. The molecule has 0 aromatic heterocycles. The van der Waals surface area contributed by atoms with Gasteiger partial charge in [0.15, 0.2) is 0 Å². The van der Waals surface area contributed by atoms with Gasteiger partial charge in [0.25, 0.3) is 0 Å². The second-order valence-corrected chi connectivity index (χ2v) is 4.36. The molecule has 3 nitrogen and oxygen atoms in total. The van der Waals surface area contributed by atoms with E-state index in [9.17, 15) is 9.11 Å². The number of nitrogens with zero attached hydrogens (tertiary/aromatic N) is 1. The normalized spacial score (nSPS) is 20.5. The maximum Gasteiger partial charge on any atom is 0.0895 e. The predicted octanol–water partition coefficient (Wildman–Crippen LogP) is 2.81. The Morgan fingerprint density at radius 1 is 1.15 bits per heavy atom. The van der Waals surface area contributed by atoms with Gasteiger partial charge in [-0.05, 0) is 17.7 Å². The number of hydrogen-bond donors (Lipinski definition) is 2. The number of rotatable bonds is 0. The lowest BCUT2D eigenvalue weighted by Crippen LogP contribution is -1.95. The third-order valence-corrected chi connectivity index (χ3v) is 3.16. The molecular formula is C9H9NO2S. The summed E-state index contributed by atoms with van der Waals surface area (Å²) < 4.78 is 22.9. The molecule has 0 saturated heterocycles. The lowest BCUT2D eigenvalue weighted by Gasteiger charge is -2.26. The Balaban J connectivity index is 2.64. The summed E-state index contributed by atoms with van der Waals surface area (Å²) in [5.41, 5.74) is 0.806. The van der Waals surface area contributed by atoms with E-state index in [0.717, 1.165) is 5.56 Å². The van der Waals surface area contributed by atoms with E-state index in [1.807, 2.05) is 12.1 Å². The molecule has 1 heterocycles. The van der Waals surface area contributed by atoms with Crippen molar-refractivity contribution in [3.05, 3.63) is 35.9 Å². The zero-order valence-corrected chi connectivity index (χ0v) is 7.61. The molecule has 1 aromatic rings. The van der Waals surface area contributed by atoms with E-state index in [4.69, 9.17) is 0 Å². The topological polar surface area (TPSA) is 52.8 Å². The summed E-state index contributed by atoms with van der Waals surface area (Å²) in [4.78, 5) is 0.486. The van der Waals surface area contributed by atoms with E-state index in [0.29, 0.717) is 4.90 Å². The fourth-order valence-corrected chi connectivity index (χ4v) is 2.26. The molecule has 2 N–H and O–H groups in total. The van der Waals surface area contributed by atoms with Gasteiger partial charge in [0.05, 0.1) is 4.90 Å². The van der Waals surface area contributed by atoms with Gasteiger partial charge in [-0.1, -0.05) is 35.1 Å². The van der Waals surface area contributed by atoms with Crippen LogP contribution in [0.15, 0.2) is 39.6 Å². The van der Waals surface area contributed by atoms with Crippen LogP contribution in [0.4, 0.5) is 0 Å². The summed E-state index contributed by atoms with van der Waals surface area (Å²) in [5, 5.41) is 0. The van der Waals surface area contributed by atoms with E-state index < -0.39 is 10.8 Å². The minimum absolute atomic E-state index is 0.486. The van der Waals surface area contributed by atoms with Gasteiger partial charge in [0.2, 0.25) is 0 Å². The van der Waals surface area contributed by atoms with Crippen molar-refractivity contribution in [2.24, 2.45) is 4.40 Å². The standard InChI is InChI=1S/C9H9NO2S/c11-13(12)9-6-2-1-4-8(9)5-3-7-10-13/h1-7,11-12H. The van der Waals surface area contributed by atoms with Gasteiger partial charge in [-0.3, -0.25) is 9.11 Å².